The van der Waals surface area contributed by atoms with Crippen LogP contribution in [0, 0.1) is 23.2 Å². The van der Waals surface area contributed by atoms with Gasteiger partial charge in [-0.3, -0.25) is 9.59 Å². The van der Waals surface area contributed by atoms with Crippen LogP contribution in [0.3, 0.4) is 0 Å². The first kappa shape index (κ1) is 21.3. The molecule has 150 valence electrons. The normalized spacial score (nSPS) is 24.1. The molecule has 6 heteroatoms. The van der Waals surface area contributed by atoms with E-state index in [2.05, 4.69) is 17.2 Å². The standard InChI is InChI=1S/C21H31NO5/c1-5-26-18(24)21(14-8-11-17(21)23)16(13-12-15-9-6-7-10-15)22-19(25)27-20(2,3)4/h15-16H,5-11,14H2,1-4H3,(H,22,25)/t16-,21-/m0/s1. The Morgan fingerprint density at radius 2 is 1.93 bits per heavy atom. The largest absolute Gasteiger partial charge is 0.465 e. The third-order valence-corrected chi connectivity index (χ3v) is 5.05. The number of carbonyl (C=O) groups excluding carboxylic acids is 3. The van der Waals surface area contributed by atoms with Gasteiger partial charge >= 0.3 is 12.1 Å². The minimum atomic E-state index is -1.45. The summed E-state index contributed by atoms with van der Waals surface area (Å²) in [6.45, 7) is 7.14. The molecule has 0 aromatic rings. The lowest BCUT2D eigenvalue weighted by molar-refractivity contribution is -0.159. The molecule has 0 unspecified atom stereocenters. The lowest BCUT2D eigenvalue weighted by Gasteiger charge is -2.32. The predicted molar refractivity (Wildman–Crippen MR) is 101 cm³/mol. The number of nitrogens with one attached hydrogen (secondary N) is 1. The fraction of sp³-hybridized carbons (Fsp3) is 0.762. The van der Waals surface area contributed by atoms with Crippen LogP contribution in [0.4, 0.5) is 4.79 Å². The number of ketones is 1. The van der Waals surface area contributed by atoms with Gasteiger partial charge in [0.25, 0.3) is 0 Å². The molecule has 2 atom stereocenters. The Morgan fingerprint density at radius 1 is 1.26 bits per heavy atom. The van der Waals surface area contributed by atoms with E-state index < -0.39 is 29.1 Å². The van der Waals surface area contributed by atoms with E-state index in [0.717, 1.165) is 25.7 Å². The average molecular weight is 377 g/mol. The smallest absolute Gasteiger partial charge is 0.408 e. The van der Waals surface area contributed by atoms with Crippen LogP contribution >= 0.6 is 0 Å². The summed E-state index contributed by atoms with van der Waals surface area (Å²) in [6, 6.07) is -0.943. The average Bonchev–Trinajstić information content (AvgIpc) is 3.20. The highest BCUT2D eigenvalue weighted by Crippen LogP contribution is 2.40. The summed E-state index contributed by atoms with van der Waals surface area (Å²) in [4.78, 5) is 37.9. The van der Waals surface area contributed by atoms with Crippen molar-refractivity contribution in [1.82, 2.24) is 5.32 Å². The third kappa shape index (κ3) is 5.24. The van der Waals surface area contributed by atoms with Gasteiger partial charge in [-0.05, 0) is 53.4 Å². The molecule has 0 heterocycles. The quantitative estimate of drug-likeness (QED) is 0.461. The fourth-order valence-electron chi connectivity index (χ4n) is 3.77. The summed E-state index contributed by atoms with van der Waals surface area (Å²) in [5.41, 5.74) is -2.14. The highest BCUT2D eigenvalue weighted by atomic mass is 16.6. The van der Waals surface area contributed by atoms with E-state index in [0.29, 0.717) is 12.8 Å². The van der Waals surface area contributed by atoms with Gasteiger partial charge in [0, 0.05) is 12.3 Å². The van der Waals surface area contributed by atoms with Gasteiger partial charge in [-0.25, -0.2) is 4.79 Å². The molecule has 2 fully saturated rings. The van der Waals surface area contributed by atoms with Crippen LogP contribution in [-0.2, 0) is 19.1 Å². The van der Waals surface area contributed by atoms with Crippen LogP contribution in [0.1, 0.15) is 72.6 Å². The Kier molecular flexibility index (Phi) is 6.91. The molecular formula is C21H31NO5. The Balaban J connectivity index is 2.34. The van der Waals surface area contributed by atoms with Crippen LogP contribution in [-0.4, -0.2) is 36.1 Å². The van der Waals surface area contributed by atoms with Gasteiger partial charge in [0.1, 0.15) is 11.6 Å². The molecule has 0 bridgehead atoms. The van der Waals surface area contributed by atoms with Crippen molar-refractivity contribution in [2.45, 2.75) is 84.3 Å². The van der Waals surface area contributed by atoms with Gasteiger partial charge in [0.05, 0.1) is 6.61 Å². The van der Waals surface area contributed by atoms with E-state index in [-0.39, 0.29) is 24.7 Å². The summed E-state index contributed by atoms with van der Waals surface area (Å²) in [5.74, 6) is 5.65. The third-order valence-electron chi connectivity index (χ3n) is 5.05. The van der Waals surface area contributed by atoms with Gasteiger partial charge in [0.2, 0.25) is 0 Å². The summed E-state index contributed by atoms with van der Waals surface area (Å²) in [6.07, 6.45) is 4.78. The number of rotatable bonds is 4. The van der Waals surface area contributed by atoms with Gasteiger partial charge in [-0.15, -0.1) is 0 Å². The number of alkyl carbamates (subject to hydrolysis) is 1. The molecule has 0 aromatic heterocycles. The van der Waals surface area contributed by atoms with E-state index in [1.165, 1.54) is 0 Å². The minimum absolute atomic E-state index is 0.170. The minimum Gasteiger partial charge on any atom is -0.465 e. The molecule has 27 heavy (non-hydrogen) atoms. The molecule has 0 saturated heterocycles. The zero-order chi connectivity index (χ0) is 20.1. The van der Waals surface area contributed by atoms with Crippen LogP contribution < -0.4 is 5.32 Å². The van der Waals surface area contributed by atoms with Crippen molar-refractivity contribution in [2.24, 2.45) is 11.3 Å². The zero-order valence-corrected chi connectivity index (χ0v) is 16.9. The molecule has 2 rings (SSSR count). The van der Waals surface area contributed by atoms with Crippen molar-refractivity contribution in [3.63, 3.8) is 0 Å². The van der Waals surface area contributed by atoms with Gasteiger partial charge in [-0.2, -0.15) is 0 Å². The maximum Gasteiger partial charge on any atom is 0.408 e. The molecule has 2 aliphatic carbocycles. The first-order valence-corrected chi connectivity index (χ1v) is 9.90. The molecule has 0 aliphatic heterocycles. The van der Waals surface area contributed by atoms with Crippen LogP contribution in [0.2, 0.25) is 0 Å². The monoisotopic (exact) mass is 377 g/mol. The molecule has 2 saturated carbocycles. The van der Waals surface area contributed by atoms with Crippen molar-refractivity contribution in [1.29, 1.82) is 0 Å². The molecule has 6 nitrogen and oxygen atoms in total. The topological polar surface area (TPSA) is 81.7 Å². The number of amides is 1. The molecule has 2 aliphatic rings. The summed E-state index contributed by atoms with van der Waals surface area (Å²) in [5, 5.41) is 2.69. The maximum atomic E-state index is 12.8. The SMILES string of the molecule is CCOC(=O)[C@]1([C@H](C#CC2CCCC2)NC(=O)OC(C)(C)C)CCCC1=O. The summed E-state index contributed by atoms with van der Waals surface area (Å²) in [7, 11) is 0. The maximum absolute atomic E-state index is 12.8. The summed E-state index contributed by atoms with van der Waals surface area (Å²) >= 11 is 0. The second-order valence-electron chi connectivity index (χ2n) is 8.32. The van der Waals surface area contributed by atoms with E-state index in [1.807, 2.05) is 0 Å². The van der Waals surface area contributed by atoms with Crippen molar-refractivity contribution in [3.8, 4) is 11.8 Å². The first-order chi connectivity index (χ1) is 12.7. The predicted octanol–water partition coefficient (Wildman–Crippen LogP) is 3.38. The highest BCUT2D eigenvalue weighted by molar-refractivity contribution is 6.07. The van der Waals surface area contributed by atoms with Gasteiger partial charge in [0.15, 0.2) is 11.2 Å². The number of ether oxygens (including phenoxy) is 2. The van der Waals surface area contributed by atoms with Crippen molar-refractivity contribution >= 4 is 17.8 Å². The van der Waals surface area contributed by atoms with E-state index in [1.54, 1.807) is 27.7 Å². The number of Topliss-reactive ketones (excluding diaryl/α,β-unsaturated/α-hetero) is 1. The fourth-order valence-corrected chi connectivity index (χ4v) is 3.77. The molecule has 0 aromatic carbocycles. The Bertz CT molecular complexity index is 633. The van der Waals surface area contributed by atoms with Crippen molar-refractivity contribution in [3.05, 3.63) is 0 Å². The molecule has 1 amide bonds. The molecule has 0 radical (unpaired) electrons. The first-order valence-electron chi connectivity index (χ1n) is 9.90. The molecule has 0 spiro atoms. The van der Waals surface area contributed by atoms with Crippen LogP contribution in [0.15, 0.2) is 0 Å². The Hall–Kier alpha value is -2.03. The second kappa shape index (κ2) is 8.77. The van der Waals surface area contributed by atoms with Crippen molar-refractivity contribution < 1.29 is 23.9 Å². The molecule has 1 N–H and O–H groups in total. The van der Waals surface area contributed by atoms with Gasteiger partial charge < -0.3 is 14.8 Å². The number of carbonyl (C=O) groups is 3. The summed E-state index contributed by atoms with van der Waals surface area (Å²) < 4.78 is 10.6. The zero-order valence-electron chi connectivity index (χ0n) is 16.9. The van der Waals surface area contributed by atoms with E-state index >= 15 is 0 Å². The van der Waals surface area contributed by atoms with Crippen LogP contribution in [0.5, 0.6) is 0 Å². The lowest BCUT2D eigenvalue weighted by Crippen LogP contribution is -2.55. The second-order valence-corrected chi connectivity index (χ2v) is 8.32. The Morgan fingerprint density at radius 3 is 2.44 bits per heavy atom. The highest BCUT2D eigenvalue weighted by Gasteiger charge is 2.56. The van der Waals surface area contributed by atoms with Crippen molar-refractivity contribution in [2.75, 3.05) is 6.61 Å². The lowest BCUT2D eigenvalue weighted by atomic mass is 9.77. The van der Waals surface area contributed by atoms with E-state index in [9.17, 15) is 14.4 Å². The van der Waals surface area contributed by atoms with Crippen LogP contribution in [0.25, 0.3) is 0 Å². The van der Waals surface area contributed by atoms with Gasteiger partial charge in [-0.1, -0.05) is 24.7 Å². The number of esters is 1. The Labute approximate surface area is 161 Å². The number of hydrogen-bond acceptors (Lipinski definition) is 5. The van der Waals surface area contributed by atoms with E-state index in [4.69, 9.17) is 9.47 Å². The number of hydrogen-bond donors (Lipinski definition) is 1. The molecular weight excluding hydrogens is 346 g/mol.